The minimum atomic E-state index is -1.96. The third-order valence-electron chi connectivity index (χ3n) is 12.8. The molecule has 1 aliphatic heterocycles. The van der Waals surface area contributed by atoms with Crippen LogP contribution in [0.5, 0.6) is 17.2 Å². The van der Waals surface area contributed by atoms with Crippen molar-refractivity contribution < 1.29 is 23.1 Å². The molecular formula is C58H91O5P. The topological polar surface area (TPSA) is 54.0 Å². The number of hydrogen-bond acceptors (Lipinski definition) is 5. The van der Waals surface area contributed by atoms with Crippen LogP contribution in [0.4, 0.5) is 0 Å². The van der Waals surface area contributed by atoms with Crippen LogP contribution in [0, 0.1) is 13.8 Å². The third kappa shape index (κ3) is 16.7. The first kappa shape index (κ1) is 53.6. The zero-order valence-electron chi connectivity index (χ0n) is 43.6. The van der Waals surface area contributed by atoms with Crippen LogP contribution in [0.15, 0.2) is 36.4 Å². The molecule has 0 saturated carbocycles. The molecule has 0 unspecified atom stereocenters. The number of carbonyl (C=O) groups excluding carboxylic acids is 1. The summed E-state index contributed by atoms with van der Waals surface area (Å²) in [6, 6.07) is 13.5. The summed E-state index contributed by atoms with van der Waals surface area (Å²) in [5.41, 5.74) is 9.44. The zero-order valence-corrected chi connectivity index (χ0v) is 44.5. The molecule has 358 valence electrons. The lowest BCUT2D eigenvalue weighted by Crippen LogP contribution is -2.22. The van der Waals surface area contributed by atoms with Crippen molar-refractivity contribution in [3.8, 4) is 17.2 Å². The van der Waals surface area contributed by atoms with Crippen molar-refractivity contribution in [1.82, 2.24) is 0 Å². The van der Waals surface area contributed by atoms with E-state index in [0.717, 1.165) is 69.0 Å². The highest BCUT2D eigenvalue weighted by Gasteiger charge is 2.37. The average molecular weight is 899 g/mol. The van der Waals surface area contributed by atoms with E-state index in [1.807, 2.05) is 0 Å². The second-order valence-corrected chi connectivity index (χ2v) is 24.3. The Balaban J connectivity index is 1.45. The lowest BCUT2D eigenvalue weighted by molar-refractivity contribution is -0.143. The van der Waals surface area contributed by atoms with Crippen molar-refractivity contribution in [2.75, 3.05) is 6.61 Å². The van der Waals surface area contributed by atoms with Crippen molar-refractivity contribution in [2.24, 2.45) is 0 Å². The van der Waals surface area contributed by atoms with E-state index < -0.39 is 8.60 Å². The number of rotatable bonds is 22. The maximum Gasteiger partial charge on any atom is 0.530 e. The predicted molar refractivity (Wildman–Crippen MR) is 274 cm³/mol. The molecule has 0 saturated heterocycles. The van der Waals surface area contributed by atoms with E-state index in [9.17, 15) is 4.79 Å². The van der Waals surface area contributed by atoms with Crippen molar-refractivity contribution in [3.63, 3.8) is 0 Å². The summed E-state index contributed by atoms with van der Waals surface area (Å²) in [5.74, 6) is 2.40. The van der Waals surface area contributed by atoms with Gasteiger partial charge in [-0.1, -0.05) is 234 Å². The number of hydrogen-bond donors (Lipinski definition) is 0. The van der Waals surface area contributed by atoms with Gasteiger partial charge in [-0.2, -0.15) is 0 Å². The molecule has 0 fully saturated rings. The fraction of sp³-hybridized carbons (Fsp3) is 0.672. The van der Waals surface area contributed by atoms with Crippen LogP contribution in [0.3, 0.4) is 0 Å². The number of benzene rings is 3. The number of fused-ring (bicyclic) bond motifs is 2. The van der Waals surface area contributed by atoms with Gasteiger partial charge in [0.1, 0.15) is 17.2 Å². The molecule has 3 aromatic rings. The first-order valence-corrected chi connectivity index (χ1v) is 26.5. The molecule has 3 aromatic carbocycles. The van der Waals surface area contributed by atoms with Crippen molar-refractivity contribution in [3.05, 3.63) is 86.5 Å². The molecule has 0 spiro atoms. The first-order valence-electron chi connectivity index (χ1n) is 25.4. The van der Waals surface area contributed by atoms with Gasteiger partial charge >= 0.3 is 14.6 Å². The Morgan fingerprint density at radius 1 is 0.531 bits per heavy atom. The van der Waals surface area contributed by atoms with E-state index in [-0.39, 0.29) is 27.6 Å². The summed E-state index contributed by atoms with van der Waals surface area (Å²) >= 11 is 0. The molecule has 0 aromatic heterocycles. The van der Waals surface area contributed by atoms with Gasteiger partial charge in [0.2, 0.25) is 0 Å². The fourth-order valence-electron chi connectivity index (χ4n) is 8.97. The quantitative estimate of drug-likeness (QED) is 0.0571. The second kappa shape index (κ2) is 24.1. The van der Waals surface area contributed by atoms with Crippen molar-refractivity contribution >= 4 is 14.6 Å². The number of unbranched alkanes of at least 4 members (excludes halogenated alkanes) is 15. The van der Waals surface area contributed by atoms with Crippen LogP contribution >= 0.6 is 8.60 Å². The van der Waals surface area contributed by atoms with Gasteiger partial charge in [0.25, 0.3) is 0 Å². The summed E-state index contributed by atoms with van der Waals surface area (Å²) in [4.78, 5) is 13.1. The number of aryl methyl sites for hydroxylation is 3. The van der Waals surface area contributed by atoms with Crippen molar-refractivity contribution in [1.29, 1.82) is 0 Å². The Bertz CT molecular complexity index is 1830. The van der Waals surface area contributed by atoms with Gasteiger partial charge < -0.3 is 18.3 Å². The molecule has 1 aliphatic rings. The fourth-order valence-corrected chi connectivity index (χ4v) is 10.2. The number of esters is 1. The lowest BCUT2D eigenvalue weighted by Gasteiger charge is -2.34. The molecule has 0 radical (unpaired) electrons. The van der Waals surface area contributed by atoms with Gasteiger partial charge in [0.05, 0.1) is 6.61 Å². The molecule has 0 bridgehead atoms. The van der Waals surface area contributed by atoms with Gasteiger partial charge in [-0.3, -0.25) is 4.79 Å². The Kier molecular flexibility index (Phi) is 20.2. The zero-order chi connectivity index (χ0) is 47.3. The molecule has 0 atom stereocenters. The Morgan fingerprint density at radius 3 is 1.28 bits per heavy atom. The van der Waals surface area contributed by atoms with Gasteiger partial charge in [-0.25, -0.2) is 0 Å². The molecule has 64 heavy (non-hydrogen) atoms. The van der Waals surface area contributed by atoms with Crippen molar-refractivity contribution in [2.45, 2.75) is 248 Å². The molecular weight excluding hydrogens is 808 g/mol. The highest BCUT2D eigenvalue weighted by atomic mass is 31.2. The van der Waals surface area contributed by atoms with Gasteiger partial charge in [-0.15, -0.1) is 0 Å². The summed E-state index contributed by atoms with van der Waals surface area (Å²) in [5, 5.41) is 0. The summed E-state index contributed by atoms with van der Waals surface area (Å²) in [6.07, 6.45) is 22.9. The third-order valence-corrected chi connectivity index (χ3v) is 13.8. The molecule has 0 amide bonds. The minimum absolute atomic E-state index is 0.122. The normalized spacial score (nSPS) is 13.7. The summed E-state index contributed by atoms with van der Waals surface area (Å²) < 4.78 is 27.3. The molecule has 4 rings (SSSR count). The van der Waals surface area contributed by atoms with Gasteiger partial charge in [0, 0.05) is 35.1 Å². The van der Waals surface area contributed by atoms with E-state index in [1.54, 1.807) is 0 Å². The Morgan fingerprint density at radius 2 is 0.906 bits per heavy atom. The van der Waals surface area contributed by atoms with Gasteiger partial charge in [0.15, 0.2) is 0 Å². The van der Waals surface area contributed by atoms with E-state index >= 15 is 0 Å². The lowest BCUT2D eigenvalue weighted by atomic mass is 9.78. The predicted octanol–water partition coefficient (Wildman–Crippen LogP) is 17.9. The average Bonchev–Trinajstić information content (AvgIpc) is 3.17. The second-order valence-electron chi connectivity index (χ2n) is 23.3. The highest BCUT2D eigenvalue weighted by Crippen LogP contribution is 2.54. The van der Waals surface area contributed by atoms with E-state index in [4.69, 9.17) is 18.3 Å². The van der Waals surface area contributed by atoms with Gasteiger partial charge in [-0.05, 0) is 65.0 Å². The molecule has 0 aliphatic carbocycles. The van der Waals surface area contributed by atoms with Crippen LogP contribution < -0.4 is 13.6 Å². The van der Waals surface area contributed by atoms with Crippen LogP contribution in [-0.4, -0.2) is 12.6 Å². The van der Waals surface area contributed by atoms with E-state index in [1.165, 1.54) is 101 Å². The SMILES string of the molecule is CCCCCCCCCCCCCCCCCCOC(=O)CCc1cc(C(C)(C)C)c(OP2Oc3c(cc(C)cc3C(C)(C)C)Cc3cc(C)cc(C(C)(C)C)c3O2)c(C(C)(C)C)c1. The standard InChI is InChI=1S/C58H91O5P/c1-16-17-18-19-20-21-22-23-24-25-26-27-28-29-30-31-34-60-51(59)33-32-44-39-49(57(10,11)12)54(50(40-44)58(13,14)15)63-64-61-52-45(35-42(2)37-47(52)55(4,5)6)41-46-36-43(3)38-48(53(46)62-64)56(7,8)9/h35-40H,16-34,41H2,1-15H3. The monoisotopic (exact) mass is 899 g/mol. The number of ether oxygens (including phenoxy) is 1. The van der Waals surface area contributed by atoms with E-state index in [0.29, 0.717) is 25.9 Å². The Hall–Kier alpha value is -3.04. The van der Waals surface area contributed by atoms with Crippen LogP contribution in [0.1, 0.15) is 249 Å². The molecule has 0 N–H and O–H groups in total. The Labute approximate surface area is 394 Å². The van der Waals surface area contributed by atoms with Crippen LogP contribution in [0.2, 0.25) is 0 Å². The minimum Gasteiger partial charge on any atom is -0.466 e. The number of carbonyl (C=O) groups is 1. The maximum absolute atomic E-state index is 13.1. The molecule has 6 heteroatoms. The molecule has 1 heterocycles. The summed E-state index contributed by atoms with van der Waals surface area (Å²) in [7, 11) is -1.96. The largest absolute Gasteiger partial charge is 0.530 e. The van der Waals surface area contributed by atoms with Crippen LogP contribution in [-0.2, 0) is 44.0 Å². The summed E-state index contributed by atoms with van der Waals surface area (Å²) in [6.45, 7) is 34.0. The smallest absolute Gasteiger partial charge is 0.466 e. The highest BCUT2D eigenvalue weighted by molar-refractivity contribution is 7.43. The maximum atomic E-state index is 13.1. The van der Waals surface area contributed by atoms with Crippen LogP contribution in [0.25, 0.3) is 0 Å². The first-order chi connectivity index (χ1) is 30.0. The van der Waals surface area contributed by atoms with E-state index in [2.05, 4.69) is 140 Å². The molecule has 5 nitrogen and oxygen atoms in total.